The molecule has 4 nitrogen and oxygen atoms in total. The zero-order chi connectivity index (χ0) is 21.5. The van der Waals surface area contributed by atoms with Gasteiger partial charge >= 0.3 is 0 Å². The molecule has 0 aliphatic rings. The van der Waals surface area contributed by atoms with Gasteiger partial charge in [-0.15, -0.1) is 0 Å². The van der Waals surface area contributed by atoms with Crippen LogP contribution in [0.4, 0.5) is 0 Å². The van der Waals surface area contributed by atoms with Crippen LogP contribution in [-0.4, -0.2) is 24.8 Å². The first kappa shape index (κ1) is 26.0. The number of hydrogen-bond donors (Lipinski definition) is 1. The van der Waals surface area contributed by atoms with Gasteiger partial charge in [0.05, 0.1) is 11.9 Å². The van der Waals surface area contributed by atoms with E-state index in [0.717, 1.165) is 31.4 Å². The first-order chi connectivity index (χ1) is 13.9. The Morgan fingerprint density at radius 3 is 1.79 bits per heavy atom. The van der Waals surface area contributed by atoms with Gasteiger partial charge in [0, 0.05) is 6.42 Å². The lowest BCUT2D eigenvalue weighted by Gasteiger charge is -2.17. The fraction of sp³-hybridized carbons (Fsp3) is 0.750. The third-order valence-electron chi connectivity index (χ3n) is 5.56. The van der Waals surface area contributed by atoms with Crippen molar-refractivity contribution in [1.82, 2.24) is 0 Å². The number of benzene rings is 1. The summed E-state index contributed by atoms with van der Waals surface area (Å²) in [6, 6.07) is 6.40. The summed E-state index contributed by atoms with van der Waals surface area (Å²) in [5.74, 6) is 0.945. The third kappa shape index (κ3) is 11.0. The lowest BCUT2D eigenvalue weighted by Crippen LogP contribution is -2.19. The minimum Gasteiger partial charge on any atom is -0.493 e. The Labute approximate surface area is 179 Å². The minimum atomic E-state index is -4.00. The van der Waals surface area contributed by atoms with Gasteiger partial charge in [-0.05, 0) is 43.7 Å². The highest BCUT2D eigenvalue weighted by molar-refractivity contribution is 7.86. The smallest absolute Gasteiger partial charge is 0.267 e. The molecule has 0 saturated heterocycles. The molecule has 1 unspecified atom stereocenters. The van der Waals surface area contributed by atoms with Gasteiger partial charge in [-0.1, -0.05) is 83.4 Å². The number of hydrogen-bond acceptors (Lipinski definition) is 3. The van der Waals surface area contributed by atoms with E-state index in [-0.39, 0.29) is 0 Å². The molecule has 0 aliphatic carbocycles. The van der Waals surface area contributed by atoms with Gasteiger partial charge in [0.25, 0.3) is 10.1 Å². The molecule has 1 rings (SSSR count). The van der Waals surface area contributed by atoms with Crippen molar-refractivity contribution >= 4 is 10.1 Å². The molecule has 29 heavy (non-hydrogen) atoms. The lowest BCUT2D eigenvalue weighted by molar-refractivity contribution is 0.300. The van der Waals surface area contributed by atoms with Gasteiger partial charge in [0.15, 0.2) is 0 Å². The first-order valence-electron chi connectivity index (χ1n) is 11.6. The zero-order valence-electron chi connectivity index (χ0n) is 18.8. The highest BCUT2D eigenvalue weighted by atomic mass is 32.2. The van der Waals surface area contributed by atoms with Crippen molar-refractivity contribution in [1.29, 1.82) is 0 Å². The molecule has 0 spiro atoms. The highest BCUT2D eigenvalue weighted by Crippen LogP contribution is 2.28. The summed E-state index contributed by atoms with van der Waals surface area (Å²) in [6.07, 6.45) is 14.7. The Kier molecular flexibility index (Phi) is 13.3. The van der Waals surface area contributed by atoms with Crippen molar-refractivity contribution < 1.29 is 17.7 Å². The summed E-state index contributed by atoms with van der Waals surface area (Å²) < 4.78 is 37.8. The first-order valence-corrected chi connectivity index (χ1v) is 13.1. The van der Waals surface area contributed by atoms with Crippen LogP contribution in [0.5, 0.6) is 5.75 Å². The van der Waals surface area contributed by atoms with E-state index in [1.807, 2.05) is 0 Å². The molecule has 0 fully saturated rings. The quantitative estimate of drug-likeness (QED) is 0.221. The Morgan fingerprint density at radius 2 is 1.34 bits per heavy atom. The molecule has 0 heterocycles. The van der Waals surface area contributed by atoms with Crippen LogP contribution in [0.2, 0.25) is 0 Å². The van der Waals surface area contributed by atoms with Crippen LogP contribution >= 0.6 is 0 Å². The Balaban J connectivity index is 2.74. The number of para-hydroxylation sites is 1. The molecule has 0 aliphatic heterocycles. The van der Waals surface area contributed by atoms with E-state index < -0.39 is 15.4 Å². The molecule has 0 aromatic heterocycles. The number of aryl methyl sites for hydroxylation is 2. The molecule has 0 radical (unpaired) electrons. The van der Waals surface area contributed by atoms with Crippen molar-refractivity contribution in [2.24, 2.45) is 0 Å². The van der Waals surface area contributed by atoms with Crippen molar-refractivity contribution in [2.45, 2.75) is 109 Å². The van der Waals surface area contributed by atoms with Crippen LogP contribution in [0.25, 0.3) is 0 Å². The molecule has 1 aromatic carbocycles. The van der Waals surface area contributed by atoms with E-state index in [1.54, 1.807) is 0 Å². The van der Waals surface area contributed by atoms with E-state index in [2.05, 4.69) is 32.0 Å². The van der Waals surface area contributed by atoms with Crippen LogP contribution in [0, 0.1) is 0 Å². The second-order valence-electron chi connectivity index (χ2n) is 8.20. The lowest BCUT2D eigenvalue weighted by atomic mass is 9.98. The Hall–Kier alpha value is -1.07. The van der Waals surface area contributed by atoms with E-state index in [4.69, 9.17) is 4.74 Å². The molecule has 0 bridgehead atoms. The fourth-order valence-electron chi connectivity index (χ4n) is 3.53. The Morgan fingerprint density at radius 1 is 0.862 bits per heavy atom. The molecule has 0 amide bonds. The number of unbranched alkanes of at least 4 members (excludes halogenated alkanes) is 8. The number of rotatable bonds is 17. The molecule has 168 valence electrons. The summed E-state index contributed by atoms with van der Waals surface area (Å²) >= 11 is 0. The van der Waals surface area contributed by atoms with Crippen molar-refractivity contribution in [3.05, 3.63) is 29.3 Å². The van der Waals surface area contributed by atoms with Crippen LogP contribution in [-0.2, 0) is 23.0 Å². The highest BCUT2D eigenvalue weighted by Gasteiger charge is 2.18. The minimum absolute atomic E-state index is 0.291. The van der Waals surface area contributed by atoms with Gasteiger partial charge in [-0.3, -0.25) is 4.55 Å². The second kappa shape index (κ2) is 14.8. The van der Waals surface area contributed by atoms with Crippen LogP contribution in [0.3, 0.4) is 0 Å². The summed E-state index contributed by atoms with van der Waals surface area (Å²) in [7, 11) is -4.00. The number of ether oxygens (including phenoxy) is 1. The third-order valence-corrected chi connectivity index (χ3v) is 6.81. The average molecular weight is 427 g/mol. The van der Waals surface area contributed by atoms with Gasteiger partial charge in [-0.2, -0.15) is 8.42 Å². The van der Waals surface area contributed by atoms with Crippen molar-refractivity contribution in [2.75, 3.05) is 6.61 Å². The second-order valence-corrected chi connectivity index (χ2v) is 10.0. The maximum Gasteiger partial charge on any atom is 0.267 e. The fourth-order valence-corrected chi connectivity index (χ4v) is 3.93. The van der Waals surface area contributed by atoms with Crippen LogP contribution in [0.15, 0.2) is 18.2 Å². The van der Waals surface area contributed by atoms with Gasteiger partial charge in [0.2, 0.25) is 0 Å². The standard InChI is InChI=1S/C24H42O4S/c1-4-6-8-10-12-15-22-17-14-18-23(16-13-11-9-7-5-2)24(22)28-20-19-21(3)29(25,26)27/h14,17-18,21H,4-13,15-16,19-20H2,1-3H3,(H,25,26,27). The molecule has 1 N–H and O–H groups in total. The maximum absolute atomic E-state index is 11.3. The molecular formula is C24H42O4S. The SMILES string of the molecule is CCCCCCCc1cccc(CCCCCCC)c1OCCC(C)S(=O)(=O)O. The molecule has 1 atom stereocenters. The summed E-state index contributed by atoms with van der Waals surface area (Å²) in [6.45, 7) is 6.27. The van der Waals surface area contributed by atoms with Crippen LogP contribution < -0.4 is 4.74 Å². The molecular weight excluding hydrogens is 384 g/mol. The predicted octanol–water partition coefficient (Wildman–Crippen LogP) is 6.76. The summed E-state index contributed by atoms with van der Waals surface area (Å²) in [4.78, 5) is 0. The predicted molar refractivity (Wildman–Crippen MR) is 122 cm³/mol. The van der Waals surface area contributed by atoms with E-state index >= 15 is 0 Å². The molecule has 1 aromatic rings. The zero-order valence-corrected chi connectivity index (χ0v) is 19.6. The van der Waals surface area contributed by atoms with Crippen LogP contribution in [0.1, 0.15) is 103 Å². The summed E-state index contributed by atoms with van der Waals surface area (Å²) in [5.41, 5.74) is 2.46. The van der Waals surface area contributed by atoms with Gasteiger partial charge in [0.1, 0.15) is 5.75 Å². The topological polar surface area (TPSA) is 63.6 Å². The van der Waals surface area contributed by atoms with Gasteiger partial charge in [-0.25, -0.2) is 0 Å². The largest absolute Gasteiger partial charge is 0.493 e. The van der Waals surface area contributed by atoms with E-state index in [9.17, 15) is 13.0 Å². The normalized spacial score (nSPS) is 12.8. The van der Waals surface area contributed by atoms with E-state index in [0.29, 0.717) is 13.0 Å². The monoisotopic (exact) mass is 426 g/mol. The van der Waals surface area contributed by atoms with Gasteiger partial charge < -0.3 is 4.74 Å². The average Bonchev–Trinajstić information content (AvgIpc) is 2.68. The molecule has 5 heteroatoms. The van der Waals surface area contributed by atoms with Crippen molar-refractivity contribution in [3.63, 3.8) is 0 Å². The maximum atomic E-state index is 11.3. The Bertz CT molecular complexity index is 623. The van der Waals surface area contributed by atoms with Crippen molar-refractivity contribution in [3.8, 4) is 5.75 Å². The molecule has 0 saturated carbocycles. The van der Waals surface area contributed by atoms with E-state index in [1.165, 1.54) is 69.4 Å². The summed E-state index contributed by atoms with van der Waals surface area (Å²) in [5, 5.41) is -0.804.